The summed E-state index contributed by atoms with van der Waals surface area (Å²) in [5.74, 6) is 0.206. The molecule has 2 N–H and O–H groups in total. The van der Waals surface area contributed by atoms with Crippen LogP contribution >= 0.6 is 0 Å². The maximum atomic E-state index is 13.2. The lowest BCUT2D eigenvalue weighted by Gasteiger charge is -2.59. The topological polar surface area (TPSA) is 53.6 Å². The van der Waals surface area contributed by atoms with Gasteiger partial charge in [-0.15, -0.1) is 0 Å². The van der Waals surface area contributed by atoms with Crippen LogP contribution in [0, 0.1) is 5.92 Å². The number of hydrogen-bond acceptors (Lipinski definition) is 3. The number of urea groups is 1. The van der Waals surface area contributed by atoms with E-state index in [-0.39, 0.29) is 29.1 Å². The lowest BCUT2D eigenvalue weighted by atomic mass is 9.68. The number of piperidine rings is 1. The average Bonchev–Trinajstić information content (AvgIpc) is 2.90. The molecule has 1 aliphatic rings. The maximum absolute atomic E-state index is 13.2. The summed E-state index contributed by atoms with van der Waals surface area (Å²) in [6.45, 7) is 11.9. The summed E-state index contributed by atoms with van der Waals surface area (Å²) in [4.78, 5) is 19.8. The smallest absolute Gasteiger partial charge is 0.319 e. The number of hydrogen-bond donors (Lipinski definition) is 2. The fraction of sp³-hybridized carbons (Fsp3) is 0.452. The highest BCUT2D eigenvalue weighted by molar-refractivity contribution is 6.01. The summed E-state index contributed by atoms with van der Waals surface area (Å²) >= 11 is 0. The van der Waals surface area contributed by atoms with E-state index in [1.165, 1.54) is 5.56 Å². The summed E-state index contributed by atoms with van der Waals surface area (Å²) in [6.07, 6.45) is 3.57. The molecule has 36 heavy (non-hydrogen) atoms. The second-order valence-corrected chi connectivity index (χ2v) is 10.6. The summed E-state index contributed by atoms with van der Waals surface area (Å²) < 4.78 is 0. The number of amides is 2. The summed E-state index contributed by atoms with van der Waals surface area (Å²) in [6, 6.07) is 24.5. The van der Waals surface area contributed by atoms with E-state index < -0.39 is 0 Å². The van der Waals surface area contributed by atoms with Gasteiger partial charge in [-0.25, -0.2) is 4.79 Å². The number of fused-ring (bicyclic) bond motifs is 1. The number of nitrogens with zero attached hydrogens (tertiary/aromatic N) is 1. The molecule has 1 fully saturated rings. The molecule has 1 saturated heterocycles. The van der Waals surface area contributed by atoms with Crippen LogP contribution in [0.5, 0.6) is 0 Å². The van der Waals surface area contributed by atoms with Crippen LogP contribution in [0.2, 0.25) is 0 Å². The number of anilines is 1. The Kier molecular flexibility index (Phi) is 8.01. The summed E-state index contributed by atoms with van der Waals surface area (Å²) in [5, 5.41) is 10.9. The van der Waals surface area contributed by atoms with Gasteiger partial charge in [0.25, 0.3) is 0 Å². The fourth-order valence-electron chi connectivity index (χ4n) is 5.76. The Morgan fingerprint density at radius 2 is 1.67 bits per heavy atom. The fourth-order valence-corrected chi connectivity index (χ4v) is 5.76. The van der Waals surface area contributed by atoms with Gasteiger partial charge in [-0.3, -0.25) is 4.84 Å². The molecule has 2 amide bonds. The van der Waals surface area contributed by atoms with Crippen LogP contribution < -0.4 is 10.6 Å². The van der Waals surface area contributed by atoms with Crippen LogP contribution in [0.4, 0.5) is 10.5 Å². The lowest BCUT2D eigenvalue weighted by molar-refractivity contribution is -0.306. The Hall–Kier alpha value is -2.89. The van der Waals surface area contributed by atoms with Gasteiger partial charge < -0.3 is 10.6 Å². The molecule has 0 aliphatic carbocycles. The van der Waals surface area contributed by atoms with Crippen molar-refractivity contribution in [3.63, 3.8) is 0 Å². The van der Waals surface area contributed by atoms with Crippen LogP contribution in [0.3, 0.4) is 0 Å². The number of rotatable bonds is 8. The van der Waals surface area contributed by atoms with E-state index in [0.717, 1.165) is 42.1 Å². The van der Waals surface area contributed by atoms with Gasteiger partial charge in [-0.1, -0.05) is 87.5 Å². The van der Waals surface area contributed by atoms with E-state index in [4.69, 9.17) is 4.84 Å². The van der Waals surface area contributed by atoms with Crippen LogP contribution in [0.15, 0.2) is 72.8 Å². The molecule has 0 aromatic heterocycles. The number of carbonyl (C=O) groups is 1. The molecule has 0 spiro atoms. The van der Waals surface area contributed by atoms with Crippen molar-refractivity contribution in [1.82, 2.24) is 10.4 Å². The van der Waals surface area contributed by atoms with Gasteiger partial charge in [-0.05, 0) is 62.5 Å². The minimum absolute atomic E-state index is 0.0313. The van der Waals surface area contributed by atoms with E-state index in [1.54, 1.807) is 0 Å². The molecule has 3 aromatic carbocycles. The van der Waals surface area contributed by atoms with Crippen molar-refractivity contribution in [2.75, 3.05) is 11.9 Å². The largest absolute Gasteiger partial charge is 0.335 e. The Bertz CT molecular complexity index is 1160. The molecular weight excluding hydrogens is 446 g/mol. The Morgan fingerprint density at radius 1 is 0.972 bits per heavy atom. The van der Waals surface area contributed by atoms with E-state index in [9.17, 15) is 4.79 Å². The highest BCUT2D eigenvalue weighted by Gasteiger charge is 2.54. The number of carbonyl (C=O) groups excluding carboxylic acids is 1. The van der Waals surface area contributed by atoms with Gasteiger partial charge in [0.05, 0.1) is 12.3 Å². The van der Waals surface area contributed by atoms with Gasteiger partial charge in [0.2, 0.25) is 0 Å². The number of benzene rings is 3. The van der Waals surface area contributed by atoms with Crippen molar-refractivity contribution in [3.05, 3.63) is 78.4 Å². The predicted octanol–water partition coefficient (Wildman–Crippen LogP) is 7.18. The predicted molar refractivity (Wildman–Crippen MR) is 149 cm³/mol. The van der Waals surface area contributed by atoms with Crippen LogP contribution in [-0.2, 0) is 11.3 Å². The molecule has 1 heterocycles. The first-order valence-corrected chi connectivity index (χ1v) is 13.3. The first kappa shape index (κ1) is 26.2. The van der Waals surface area contributed by atoms with Gasteiger partial charge in [0.1, 0.15) is 0 Å². The van der Waals surface area contributed by atoms with E-state index in [0.29, 0.717) is 6.61 Å². The maximum Gasteiger partial charge on any atom is 0.319 e. The van der Waals surface area contributed by atoms with Crippen LogP contribution in [-0.4, -0.2) is 34.8 Å². The Labute approximate surface area is 216 Å². The molecule has 3 aromatic rings. The molecule has 5 nitrogen and oxygen atoms in total. The SMILES string of the molecule is CCC1(C)CC(NC(=O)Nc2cccc3ccccc23)C(C)C(C)(CC)N1OCCc1ccccc1. The van der Waals surface area contributed by atoms with E-state index >= 15 is 0 Å². The number of nitrogens with one attached hydrogen (secondary N) is 2. The minimum atomic E-state index is -0.211. The summed E-state index contributed by atoms with van der Waals surface area (Å²) in [7, 11) is 0. The highest BCUT2D eigenvalue weighted by atomic mass is 16.7. The third-order valence-corrected chi connectivity index (χ3v) is 8.48. The minimum Gasteiger partial charge on any atom is -0.335 e. The van der Waals surface area contributed by atoms with Gasteiger partial charge in [-0.2, -0.15) is 5.06 Å². The third-order valence-electron chi connectivity index (χ3n) is 8.48. The molecule has 5 heteroatoms. The molecular formula is C31H41N3O2. The molecule has 4 atom stereocenters. The standard InChI is InChI=1S/C31H41N3O2/c1-6-30(4)22-28(33-29(35)32-27-19-13-17-25-16-11-12-18-26(25)27)23(3)31(5,7-2)34(30)36-21-20-24-14-9-8-10-15-24/h8-19,23,28H,6-7,20-22H2,1-5H3,(H2,32,33,35). The summed E-state index contributed by atoms with van der Waals surface area (Å²) in [5.41, 5.74) is 1.71. The van der Waals surface area contributed by atoms with Gasteiger partial charge in [0, 0.05) is 22.5 Å². The Morgan fingerprint density at radius 3 is 2.39 bits per heavy atom. The first-order chi connectivity index (χ1) is 17.3. The first-order valence-electron chi connectivity index (χ1n) is 13.3. The number of hydroxylamine groups is 2. The van der Waals surface area contributed by atoms with Gasteiger partial charge >= 0.3 is 6.03 Å². The van der Waals surface area contributed by atoms with Crippen LogP contribution in [0.1, 0.15) is 59.4 Å². The third kappa shape index (κ3) is 5.28. The molecule has 192 valence electrons. The normalized spacial score (nSPS) is 26.6. The average molecular weight is 488 g/mol. The van der Waals surface area contributed by atoms with Crippen molar-refractivity contribution < 1.29 is 9.63 Å². The Balaban J connectivity index is 1.49. The molecule has 4 unspecified atom stereocenters. The second-order valence-electron chi connectivity index (χ2n) is 10.6. The quantitative estimate of drug-likeness (QED) is 0.354. The lowest BCUT2D eigenvalue weighted by Crippen LogP contribution is -2.70. The zero-order chi connectivity index (χ0) is 25.8. The van der Waals surface area contributed by atoms with E-state index in [2.05, 4.69) is 86.7 Å². The molecule has 0 saturated carbocycles. The van der Waals surface area contributed by atoms with Crippen molar-refractivity contribution >= 4 is 22.5 Å². The highest BCUT2D eigenvalue weighted by Crippen LogP contribution is 2.45. The van der Waals surface area contributed by atoms with E-state index in [1.807, 2.05) is 36.4 Å². The van der Waals surface area contributed by atoms with Crippen molar-refractivity contribution in [2.24, 2.45) is 5.92 Å². The molecule has 0 bridgehead atoms. The van der Waals surface area contributed by atoms with Crippen LogP contribution in [0.25, 0.3) is 10.8 Å². The molecule has 1 aliphatic heterocycles. The molecule has 4 rings (SSSR count). The van der Waals surface area contributed by atoms with Crippen molar-refractivity contribution in [1.29, 1.82) is 0 Å². The van der Waals surface area contributed by atoms with Crippen molar-refractivity contribution in [2.45, 2.75) is 77.4 Å². The van der Waals surface area contributed by atoms with Crippen molar-refractivity contribution in [3.8, 4) is 0 Å². The zero-order valence-corrected chi connectivity index (χ0v) is 22.4. The molecule has 0 radical (unpaired) electrons. The zero-order valence-electron chi connectivity index (χ0n) is 22.4. The van der Waals surface area contributed by atoms with Gasteiger partial charge in [0.15, 0.2) is 0 Å². The monoisotopic (exact) mass is 487 g/mol. The second kappa shape index (κ2) is 11.0.